The fraction of sp³-hybridized carbons (Fsp3) is 0.514. The van der Waals surface area contributed by atoms with Crippen LogP contribution in [0.1, 0.15) is 56.7 Å². The quantitative estimate of drug-likeness (QED) is 0.205. The number of ether oxygens (including phenoxy) is 1. The second kappa shape index (κ2) is 10.4. The van der Waals surface area contributed by atoms with Crippen LogP contribution in [0.5, 0.6) is 11.8 Å². The Morgan fingerprint density at radius 3 is 2.83 bits per heavy atom. The van der Waals surface area contributed by atoms with Crippen LogP contribution in [-0.2, 0) is 12.8 Å². The van der Waals surface area contributed by atoms with Gasteiger partial charge in [0.25, 0.3) is 0 Å². The van der Waals surface area contributed by atoms with E-state index in [1.54, 1.807) is 6.07 Å². The number of phenolic OH excluding ortho intramolecular Hbond substituents is 1. The van der Waals surface area contributed by atoms with E-state index in [0.29, 0.717) is 78.3 Å². The largest absolute Gasteiger partial charge is 0.508 e. The molecule has 12 heteroatoms. The Labute approximate surface area is 269 Å². The van der Waals surface area contributed by atoms with Crippen molar-refractivity contribution in [3.05, 3.63) is 47.2 Å². The molecule has 7 heterocycles. The van der Waals surface area contributed by atoms with Gasteiger partial charge >= 0.3 is 6.01 Å². The first kappa shape index (κ1) is 29.4. The predicted octanol–water partition coefficient (Wildman–Crippen LogP) is 5.90. The molecule has 4 fully saturated rings. The predicted molar refractivity (Wildman–Crippen MR) is 169 cm³/mol. The number of fused-ring (bicyclic) bond motifs is 7. The molecule has 5 aliphatic rings. The van der Waals surface area contributed by atoms with Crippen molar-refractivity contribution in [1.29, 1.82) is 0 Å². The summed E-state index contributed by atoms with van der Waals surface area (Å²) in [5, 5.41) is 15.3. The van der Waals surface area contributed by atoms with Gasteiger partial charge < -0.3 is 14.7 Å². The number of hydrogen-bond acceptors (Lipinski definition) is 8. The fourth-order valence-corrected chi connectivity index (χ4v) is 9.27. The Hall–Kier alpha value is -3.77. The van der Waals surface area contributed by atoms with Crippen molar-refractivity contribution < 1.29 is 27.4 Å². The molecule has 2 aromatic heterocycles. The number of nitrogens with zero attached hydrogens (tertiary/aromatic N) is 5. The molecule has 0 aliphatic carbocycles. The molecule has 9 rings (SSSR count). The lowest BCUT2D eigenvalue weighted by atomic mass is 9.94. The molecule has 0 unspecified atom stereocenters. The lowest BCUT2D eigenvalue weighted by Crippen LogP contribution is -2.62. The first-order valence-electron chi connectivity index (χ1n) is 16.7. The second-order valence-corrected chi connectivity index (χ2v) is 14.1. The second-order valence-electron chi connectivity index (χ2n) is 14.1. The maximum absolute atomic E-state index is 17.1. The Balaban J connectivity index is 1.25. The number of aromatic nitrogens is 3. The Kier molecular flexibility index (Phi) is 6.48. The van der Waals surface area contributed by atoms with Gasteiger partial charge in [0, 0.05) is 30.6 Å². The van der Waals surface area contributed by atoms with Crippen molar-refractivity contribution in [3.63, 3.8) is 0 Å². The molecule has 4 saturated heterocycles. The zero-order chi connectivity index (χ0) is 32.2. The molecule has 0 radical (unpaired) electrons. The molecular formula is C35H36F4N6O2. The van der Waals surface area contributed by atoms with Crippen LogP contribution in [0.2, 0.25) is 0 Å². The van der Waals surface area contributed by atoms with E-state index in [4.69, 9.17) is 14.7 Å². The highest BCUT2D eigenvalue weighted by molar-refractivity contribution is 6.02. The van der Waals surface area contributed by atoms with Gasteiger partial charge in [0.05, 0.1) is 23.2 Å². The Bertz CT molecular complexity index is 1960. The first-order valence-corrected chi connectivity index (χ1v) is 16.7. The third-order valence-electron chi connectivity index (χ3n) is 11.3. The topological polar surface area (TPSA) is 86.6 Å². The molecule has 4 aromatic rings. The number of halogens is 4. The minimum absolute atomic E-state index is 0.0223. The minimum atomic E-state index is -1.60. The molecule has 246 valence electrons. The standard InChI is InChI=1S/C35H36F4N6O2/c1-2-21-23(37)5-4-18-12-20(46)13-22(27(18)21)30-29(38)31-28-25(40-30)6-7-26-24-8-10-35(39,43-24)16-45(26)32(28)42-33(41-31)47-17-34-9-3-11-44(34)15-19(36)14-34/h4-5,12-13,19,24,26,43,46H,2-3,6-11,14-17H2,1H3/t19-,24+,26-,34+,35-/m1/s1. The molecule has 0 spiro atoms. The van der Waals surface area contributed by atoms with E-state index in [0.717, 1.165) is 19.4 Å². The number of aromatic hydroxyl groups is 1. The number of hydrogen-bond donors (Lipinski definition) is 2. The van der Waals surface area contributed by atoms with Gasteiger partial charge in [0.1, 0.15) is 41.4 Å². The lowest BCUT2D eigenvalue weighted by molar-refractivity contribution is 0.106. The number of aryl methyl sites for hydroxylation is 2. The smallest absolute Gasteiger partial charge is 0.319 e. The summed E-state index contributed by atoms with van der Waals surface area (Å²) >= 11 is 0. The number of nitrogens with one attached hydrogen (secondary N) is 1. The summed E-state index contributed by atoms with van der Waals surface area (Å²) in [5.74, 6) is -2.50. The lowest BCUT2D eigenvalue weighted by Gasteiger charge is -2.43. The number of benzene rings is 2. The van der Waals surface area contributed by atoms with E-state index >= 15 is 13.2 Å². The highest BCUT2D eigenvalue weighted by Crippen LogP contribution is 2.46. The van der Waals surface area contributed by atoms with E-state index in [1.165, 1.54) is 18.2 Å². The van der Waals surface area contributed by atoms with Crippen molar-refractivity contribution in [1.82, 2.24) is 25.2 Å². The zero-order valence-electron chi connectivity index (χ0n) is 26.1. The molecule has 0 saturated carbocycles. The van der Waals surface area contributed by atoms with Gasteiger partial charge in [-0.25, -0.2) is 22.5 Å². The summed E-state index contributed by atoms with van der Waals surface area (Å²) in [4.78, 5) is 18.4. The molecule has 8 nitrogen and oxygen atoms in total. The maximum Gasteiger partial charge on any atom is 0.319 e. The van der Waals surface area contributed by atoms with E-state index < -0.39 is 29.1 Å². The summed E-state index contributed by atoms with van der Waals surface area (Å²) in [5.41, 5.74) is 0.667. The molecule has 2 N–H and O–H groups in total. The number of piperazine rings is 1. The summed E-state index contributed by atoms with van der Waals surface area (Å²) in [6.45, 7) is 3.18. The van der Waals surface area contributed by atoms with E-state index in [1.807, 2.05) is 11.8 Å². The van der Waals surface area contributed by atoms with Gasteiger partial charge in [-0.2, -0.15) is 9.97 Å². The van der Waals surface area contributed by atoms with Gasteiger partial charge in [-0.05, 0) is 86.0 Å². The first-order chi connectivity index (χ1) is 22.6. The molecule has 2 bridgehead atoms. The summed E-state index contributed by atoms with van der Waals surface area (Å²) in [6, 6.07) is 5.58. The highest BCUT2D eigenvalue weighted by Gasteiger charge is 2.52. The summed E-state index contributed by atoms with van der Waals surface area (Å²) in [6.07, 6.45) is 3.61. The van der Waals surface area contributed by atoms with E-state index in [-0.39, 0.29) is 53.8 Å². The molecule has 2 aromatic carbocycles. The summed E-state index contributed by atoms with van der Waals surface area (Å²) in [7, 11) is 0. The Morgan fingerprint density at radius 1 is 1.11 bits per heavy atom. The van der Waals surface area contributed by atoms with Crippen LogP contribution in [-0.4, -0.2) is 80.8 Å². The molecule has 0 amide bonds. The van der Waals surface area contributed by atoms with Gasteiger partial charge in [0.15, 0.2) is 11.6 Å². The molecule has 5 atom stereocenters. The van der Waals surface area contributed by atoms with Crippen molar-refractivity contribution in [3.8, 4) is 23.0 Å². The van der Waals surface area contributed by atoms with Crippen LogP contribution in [0, 0.1) is 11.6 Å². The number of rotatable bonds is 5. The monoisotopic (exact) mass is 648 g/mol. The number of pyridine rings is 1. The van der Waals surface area contributed by atoms with Crippen LogP contribution in [0.25, 0.3) is 32.9 Å². The van der Waals surface area contributed by atoms with Gasteiger partial charge in [-0.15, -0.1) is 0 Å². The minimum Gasteiger partial charge on any atom is -0.508 e. The highest BCUT2D eigenvalue weighted by atomic mass is 19.2. The zero-order valence-corrected chi connectivity index (χ0v) is 26.1. The number of alkyl halides is 2. The van der Waals surface area contributed by atoms with E-state index in [9.17, 15) is 9.50 Å². The average molecular weight is 649 g/mol. The van der Waals surface area contributed by atoms with Crippen molar-refractivity contribution >= 4 is 27.5 Å². The van der Waals surface area contributed by atoms with Gasteiger partial charge in [-0.3, -0.25) is 10.2 Å². The third-order valence-corrected chi connectivity index (χ3v) is 11.3. The third kappa shape index (κ3) is 4.43. The van der Waals surface area contributed by atoms with Crippen LogP contribution < -0.4 is 15.0 Å². The molecule has 47 heavy (non-hydrogen) atoms. The molecule has 5 aliphatic heterocycles. The van der Waals surface area contributed by atoms with Crippen LogP contribution in [0.15, 0.2) is 24.3 Å². The van der Waals surface area contributed by atoms with Gasteiger partial charge in [0.2, 0.25) is 0 Å². The van der Waals surface area contributed by atoms with Gasteiger partial charge in [-0.1, -0.05) is 13.0 Å². The Morgan fingerprint density at radius 2 is 1.98 bits per heavy atom. The van der Waals surface area contributed by atoms with E-state index in [2.05, 4.69) is 15.2 Å². The van der Waals surface area contributed by atoms with Crippen LogP contribution >= 0.6 is 0 Å². The van der Waals surface area contributed by atoms with Crippen molar-refractivity contribution in [2.75, 3.05) is 31.1 Å². The number of phenols is 1. The fourth-order valence-electron chi connectivity index (χ4n) is 9.27. The van der Waals surface area contributed by atoms with Crippen molar-refractivity contribution in [2.45, 2.75) is 87.9 Å². The normalized spacial score (nSPS) is 29.8. The van der Waals surface area contributed by atoms with Crippen molar-refractivity contribution in [2.24, 2.45) is 0 Å². The van der Waals surface area contributed by atoms with Crippen LogP contribution in [0.4, 0.5) is 23.4 Å². The maximum atomic E-state index is 17.1. The number of anilines is 1. The van der Waals surface area contributed by atoms with Crippen LogP contribution in [0.3, 0.4) is 0 Å². The average Bonchev–Trinajstić information content (AvgIpc) is 3.65. The SMILES string of the molecule is CCc1c(F)ccc2cc(O)cc(-c3nc4c5c(nc(OC[C@@]67CCCN6C[C@H](F)C7)nc5c3F)N3C[C@@]5(F)CC[C@H](N5)[C@H]3CC4)c12. The molecular weight excluding hydrogens is 612 g/mol. The summed E-state index contributed by atoms with van der Waals surface area (Å²) < 4.78 is 68.9.